The molecule has 0 aliphatic rings. The summed E-state index contributed by atoms with van der Waals surface area (Å²) in [7, 11) is 0. The van der Waals surface area contributed by atoms with Crippen LogP contribution in [0.4, 0.5) is 8.78 Å². The van der Waals surface area contributed by atoms with Gasteiger partial charge in [-0.1, -0.05) is 24.3 Å². The lowest BCUT2D eigenvalue weighted by Gasteiger charge is -2.05. The number of nitrogens with zero attached hydrogens (tertiary/aromatic N) is 1. The summed E-state index contributed by atoms with van der Waals surface area (Å²) in [6, 6.07) is 14.5. The zero-order valence-electron chi connectivity index (χ0n) is 10.6. The third-order valence-corrected chi connectivity index (χ3v) is 3.09. The second kappa shape index (κ2) is 5.21. The molecule has 98 valence electrons. The number of pyridine rings is 1. The second-order valence-corrected chi connectivity index (χ2v) is 4.48. The molecule has 0 spiro atoms. The van der Waals surface area contributed by atoms with E-state index < -0.39 is 0 Å². The predicted molar refractivity (Wildman–Crippen MR) is 75.0 cm³/mol. The van der Waals surface area contributed by atoms with Gasteiger partial charge in [0.15, 0.2) is 0 Å². The first-order chi connectivity index (χ1) is 9.72. The molecule has 2 aromatic carbocycles. The van der Waals surface area contributed by atoms with Gasteiger partial charge in [0, 0.05) is 23.5 Å². The Morgan fingerprint density at radius 3 is 1.35 bits per heavy atom. The Morgan fingerprint density at radius 2 is 0.950 bits per heavy atom. The van der Waals surface area contributed by atoms with E-state index >= 15 is 0 Å². The van der Waals surface area contributed by atoms with Crippen molar-refractivity contribution in [3.8, 4) is 22.3 Å². The van der Waals surface area contributed by atoms with Gasteiger partial charge in [-0.25, -0.2) is 8.78 Å². The molecule has 1 heterocycles. The molecule has 3 aromatic rings. The number of rotatable bonds is 2. The van der Waals surface area contributed by atoms with Crippen molar-refractivity contribution in [2.24, 2.45) is 0 Å². The fourth-order valence-electron chi connectivity index (χ4n) is 2.04. The highest BCUT2D eigenvalue weighted by molar-refractivity contribution is 5.71. The Kier molecular flexibility index (Phi) is 3.25. The number of halogens is 2. The average molecular weight is 267 g/mol. The SMILES string of the molecule is Fc1ccc(-c2cncc(-c3ccc(F)cc3)c2)cc1. The van der Waals surface area contributed by atoms with Gasteiger partial charge in [0.2, 0.25) is 0 Å². The fraction of sp³-hybridized carbons (Fsp3) is 0. The van der Waals surface area contributed by atoms with E-state index in [0.717, 1.165) is 22.3 Å². The molecule has 0 N–H and O–H groups in total. The van der Waals surface area contributed by atoms with Crippen LogP contribution in [-0.4, -0.2) is 4.98 Å². The third-order valence-electron chi connectivity index (χ3n) is 3.09. The van der Waals surface area contributed by atoms with Crippen molar-refractivity contribution < 1.29 is 8.78 Å². The van der Waals surface area contributed by atoms with Crippen LogP contribution < -0.4 is 0 Å². The van der Waals surface area contributed by atoms with Gasteiger partial charge in [0.25, 0.3) is 0 Å². The Hall–Kier alpha value is -2.55. The van der Waals surface area contributed by atoms with E-state index in [1.165, 1.54) is 24.3 Å². The van der Waals surface area contributed by atoms with E-state index in [4.69, 9.17) is 0 Å². The molecule has 0 amide bonds. The van der Waals surface area contributed by atoms with Crippen molar-refractivity contribution in [2.45, 2.75) is 0 Å². The van der Waals surface area contributed by atoms with Gasteiger partial charge in [-0.05, 0) is 41.5 Å². The summed E-state index contributed by atoms with van der Waals surface area (Å²) < 4.78 is 25.9. The van der Waals surface area contributed by atoms with Crippen LogP contribution in [0, 0.1) is 11.6 Å². The number of aromatic nitrogens is 1. The Bertz CT molecular complexity index is 658. The van der Waals surface area contributed by atoms with Crippen LogP contribution in [0.2, 0.25) is 0 Å². The van der Waals surface area contributed by atoms with Gasteiger partial charge in [0.1, 0.15) is 11.6 Å². The van der Waals surface area contributed by atoms with E-state index in [-0.39, 0.29) is 11.6 Å². The largest absolute Gasteiger partial charge is 0.263 e. The normalized spacial score (nSPS) is 10.5. The zero-order chi connectivity index (χ0) is 13.9. The summed E-state index contributed by atoms with van der Waals surface area (Å²) in [5, 5.41) is 0. The molecule has 0 aliphatic carbocycles. The maximum absolute atomic E-state index is 12.9. The summed E-state index contributed by atoms with van der Waals surface area (Å²) in [5.41, 5.74) is 3.57. The molecule has 0 fully saturated rings. The summed E-state index contributed by atoms with van der Waals surface area (Å²) in [6.07, 6.45) is 3.44. The topological polar surface area (TPSA) is 12.9 Å². The summed E-state index contributed by atoms with van der Waals surface area (Å²) in [6.45, 7) is 0. The highest BCUT2D eigenvalue weighted by Crippen LogP contribution is 2.25. The maximum Gasteiger partial charge on any atom is 0.123 e. The first-order valence-corrected chi connectivity index (χ1v) is 6.19. The highest BCUT2D eigenvalue weighted by atomic mass is 19.1. The van der Waals surface area contributed by atoms with E-state index in [1.54, 1.807) is 36.7 Å². The highest BCUT2D eigenvalue weighted by Gasteiger charge is 2.03. The van der Waals surface area contributed by atoms with Gasteiger partial charge in [-0.2, -0.15) is 0 Å². The number of hydrogen-bond acceptors (Lipinski definition) is 1. The van der Waals surface area contributed by atoms with Crippen molar-refractivity contribution >= 4 is 0 Å². The molecule has 0 saturated heterocycles. The molecule has 1 aromatic heterocycles. The molecule has 0 aliphatic heterocycles. The Morgan fingerprint density at radius 1 is 0.550 bits per heavy atom. The lowest BCUT2D eigenvalue weighted by atomic mass is 10.0. The minimum absolute atomic E-state index is 0.267. The monoisotopic (exact) mass is 267 g/mol. The molecule has 0 radical (unpaired) electrons. The van der Waals surface area contributed by atoms with Crippen molar-refractivity contribution in [2.75, 3.05) is 0 Å². The molecule has 3 rings (SSSR count). The summed E-state index contributed by atoms with van der Waals surface area (Å²) in [4.78, 5) is 4.19. The van der Waals surface area contributed by atoms with Gasteiger partial charge >= 0.3 is 0 Å². The van der Waals surface area contributed by atoms with Gasteiger partial charge < -0.3 is 0 Å². The van der Waals surface area contributed by atoms with Crippen molar-refractivity contribution in [1.82, 2.24) is 4.98 Å². The Labute approximate surface area is 115 Å². The molecule has 20 heavy (non-hydrogen) atoms. The molecule has 0 bridgehead atoms. The maximum atomic E-state index is 12.9. The average Bonchev–Trinajstić information content (AvgIpc) is 2.49. The third kappa shape index (κ3) is 2.57. The van der Waals surface area contributed by atoms with Gasteiger partial charge in [-0.3, -0.25) is 4.98 Å². The van der Waals surface area contributed by atoms with E-state index in [1.807, 2.05) is 6.07 Å². The molecule has 0 unspecified atom stereocenters. The molecule has 1 nitrogen and oxygen atoms in total. The number of benzene rings is 2. The first-order valence-electron chi connectivity index (χ1n) is 6.19. The van der Waals surface area contributed by atoms with E-state index in [0.29, 0.717) is 0 Å². The van der Waals surface area contributed by atoms with Crippen LogP contribution in [0.25, 0.3) is 22.3 Å². The van der Waals surface area contributed by atoms with Gasteiger partial charge in [0.05, 0.1) is 0 Å². The van der Waals surface area contributed by atoms with Crippen LogP contribution in [0.15, 0.2) is 67.0 Å². The summed E-state index contributed by atoms with van der Waals surface area (Å²) >= 11 is 0. The van der Waals surface area contributed by atoms with E-state index in [9.17, 15) is 8.78 Å². The van der Waals surface area contributed by atoms with Crippen LogP contribution in [0.3, 0.4) is 0 Å². The van der Waals surface area contributed by atoms with E-state index in [2.05, 4.69) is 4.98 Å². The van der Waals surface area contributed by atoms with Crippen molar-refractivity contribution in [3.63, 3.8) is 0 Å². The lowest BCUT2D eigenvalue weighted by molar-refractivity contribution is 0.627. The van der Waals surface area contributed by atoms with Crippen molar-refractivity contribution in [3.05, 3.63) is 78.6 Å². The van der Waals surface area contributed by atoms with Crippen LogP contribution in [0.1, 0.15) is 0 Å². The quantitative estimate of drug-likeness (QED) is 0.656. The van der Waals surface area contributed by atoms with Crippen LogP contribution in [-0.2, 0) is 0 Å². The zero-order valence-corrected chi connectivity index (χ0v) is 10.6. The smallest absolute Gasteiger partial charge is 0.123 e. The summed E-state index contributed by atoms with van der Waals surface area (Å²) in [5.74, 6) is -0.534. The predicted octanol–water partition coefficient (Wildman–Crippen LogP) is 4.69. The molecule has 0 saturated carbocycles. The minimum Gasteiger partial charge on any atom is -0.263 e. The minimum atomic E-state index is -0.267. The molecule has 0 atom stereocenters. The molecule has 3 heteroatoms. The standard InChI is InChI=1S/C17H11F2N/c18-16-5-1-12(2-6-16)14-9-15(11-20-10-14)13-3-7-17(19)8-4-13/h1-11H. The van der Waals surface area contributed by atoms with Crippen LogP contribution in [0.5, 0.6) is 0 Å². The van der Waals surface area contributed by atoms with Crippen molar-refractivity contribution in [1.29, 1.82) is 0 Å². The first kappa shape index (κ1) is 12.5. The Balaban J connectivity index is 2.01. The van der Waals surface area contributed by atoms with Gasteiger partial charge in [-0.15, -0.1) is 0 Å². The molecular weight excluding hydrogens is 256 g/mol. The van der Waals surface area contributed by atoms with Crippen LogP contribution >= 0.6 is 0 Å². The lowest BCUT2D eigenvalue weighted by Crippen LogP contribution is -1.85. The fourth-order valence-corrected chi connectivity index (χ4v) is 2.04. The second-order valence-electron chi connectivity index (χ2n) is 4.48. The number of hydrogen-bond donors (Lipinski definition) is 0. The molecular formula is C17H11F2N.